The zero-order valence-electron chi connectivity index (χ0n) is 13.4. The predicted molar refractivity (Wildman–Crippen MR) is 82.7 cm³/mol. The van der Waals surface area contributed by atoms with Crippen LogP contribution in [0.4, 0.5) is 5.82 Å². The molecule has 1 aliphatic heterocycles. The van der Waals surface area contributed by atoms with Crippen molar-refractivity contribution in [3.8, 4) is 0 Å². The van der Waals surface area contributed by atoms with Crippen LogP contribution in [0.15, 0.2) is 10.7 Å². The molecular weight excluding hydrogens is 280 g/mol. The predicted octanol–water partition coefficient (Wildman–Crippen LogP) is 1.36. The summed E-state index contributed by atoms with van der Waals surface area (Å²) in [5, 5.41) is 4.02. The van der Waals surface area contributed by atoms with E-state index >= 15 is 0 Å². The summed E-state index contributed by atoms with van der Waals surface area (Å²) in [6.45, 7) is 10.6. The molecule has 0 spiro atoms. The first-order valence-electron chi connectivity index (χ1n) is 7.74. The summed E-state index contributed by atoms with van der Waals surface area (Å²) in [5.74, 6) is 2.49. The first-order chi connectivity index (χ1) is 10.7. The number of hydrogen-bond donors (Lipinski definition) is 0. The smallest absolute Gasteiger partial charge is 0.226 e. The summed E-state index contributed by atoms with van der Waals surface area (Å²) in [6.07, 6.45) is 2.60. The van der Waals surface area contributed by atoms with E-state index in [2.05, 4.69) is 29.9 Å². The van der Waals surface area contributed by atoms with Gasteiger partial charge in [0, 0.05) is 38.8 Å². The summed E-state index contributed by atoms with van der Waals surface area (Å²) in [5.41, 5.74) is 1.95. The third-order valence-corrected chi connectivity index (χ3v) is 3.90. The van der Waals surface area contributed by atoms with Gasteiger partial charge in [0.2, 0.25) is 5.89 Å². The standard InChI is InChI=1S/C15H22N6O/c1-4-14-18-13(19-22-14)10-20-5-7-21(8-6-20)15-12(3)16-9-11(2)17-15/h9H,4-8,10H2,1-3H3. The van der Waals surface area contributed by atoms with Crippen LogP contribution in [-0.4, -0.2) is 51.2 Å². The van der Waals surface area contributed by atoms with Gasteiger partial charge in [0.1, 0.15) is 5.82 Å². The highest BCUT2D eigenvalue weighted by molar-refractivity contribution is 5.43. The number of rotatable bonds is 4. The van der Waals surface area contributed by atoms with Gasteiger partial charge in [0.05, 0.1) is 17.9 Å². The molecule has 0 radical (unpaired) electrons. The Labute approximate surface area is 130 Å². The Balaban J connectivity index is 1.59. The maximum absolute atomic E-state index is 5.16. The second-order valence-corrected chi connectivity index (χ2v) is 5.64. The Kier molecular flexibility index (Phi) is 4.33. The second-order valence-electron chi connectivity index (χ2n) is 5.64. The number of piperazine rings is 1. The van der Waals surface area contributed by atoms with Gasteiger partial charge >= 0.3 is 0 Å². The molecule has 1 fully saturated rings. The molecule has 0 amide bonds. The number of nitrogens with zero attached hydrogens (tertiary/aromatic N) is 6. The molecule has 1 aliphatic rings. The highest BCUT2D eigenvalue weighted by Gasteiger charge is 2.21. The van der Waals surface area contributed by atoms with E-state index in [0.29, 0.717) is 5.89 Å². The largest absolute Gasteiger partial charge is 0.353 e. The zero-order chi connectivity index (χ0) is 15.5. The van der Waals surface area contributed by atoms with Crippen molar-refractivity contribution in [1.82, 2.24) is 25.0 Å². The molecule has 7 nitrogen and oxygen atoms in total. The van der Waals surface area contributed by atoms with Crippen LogP contribution in [0.1, 0.15) is 30.0 Å². The fourth-order valence-corrected chi connectivity index (χ4v) is 2.64. The topological polar surface area (TPSA) is 71.2 Å². The van der Waals surface area contributed by atoms with Gasteiger partial charge in [-0.2, -0.15) is 4.98 Å². The van der Waals surface area contributed by atoms with Crippen molar-refractivity contribution < 1.29 is 4.52 Å². The molecule has 2 aromatic rings. The van der Waals surface area contributed by atoms with Crippen molar-refractivity contribution in [2.45, 2.75) is 33.7 Å². The maximum Gasteiger partial charge on any atom is 0.226 e. The van der Waals surface area contributed by atoms with Gasteiger partial charge in [-0.05, 0) is 13.8 Å². The average molecular weight is 302 g/mol. The first-order valence-corrected chi connectivity index (χ1v) is 7.74. The molecule has 7 heteroatoms. The van der Waals surface area contributed by atoms with E-state index in [0.717, 1.165) is 62.2 Å². The minimum absolute atomic E-state index is 0.708. The second kappa shape index (κ2) is 6.39. The van der Waals surface area contributed by atoms with E-state index in [4.69, 9.17) is 4.52 Å². The van der Waals surface area contributed by atoms with E-state index < -0.39 is 0 Å². The van der Waals surface area contributed by atoms with Gasteiger partial charge in [-0.3, -0.25) is 9.88 Å². The van der Waals surface area contributed by atoms with Crippen LogP contribution in [0.25, 0.3) is 0 Å². The monoisotopic (exact) mass is 302 g/mol. The fraction of sp³-hybridized carbons (Fsp3) is 0.600. The molecule has 22 heavy (non-hydrogen) atoms. The normalized spacial score (nSPS) is 16.2. The lowest BCUT2D eigenvalue weighted by Gasteiger charge is -2.35. The molecular formula is C15H22N6O. The Hall–Kier alpha value is -2.02. The third-order valence-electron chi connectivity index (χ3n) is 3.90. The molecule has 0 atom stereocenters. The number of aromatic nitrogens is 4. The quantitative estimate of drug-likeness (QED) is 0.844. The summed E-state index contributed by atoms with van der Waals surface area (Å²) in [7, 11) is 0. The van der Waals surface area contributed by atoms with Crippen LogP contribution in [0, 0.1) is 13.8 Å². The maximum atomic E-state index is 5.16. The molecule has 0 saturated carbocycles. The lowest BCUT2D eigenvalue weighted by molar-refractivity contribution is 0.239. The molecule has 1 saturated heterocycles. The minimum Gasteiger partial charge on any atom is -0.353 e. The third kappa shape index (κ3) is 3.24. The molecule has 0 aliphatic carbocycles. The molecule has 0 unspecified atom stereocenters. The van der Waals surface area contributed by atoms with Gasteiger partial charge < -0.3 is 9.42 Å². The Morgan fingerprint density at radius 2 is 1.91 bits per heavy atom. The van der Waals surface area contributed by atoms with Crippen LogP contribution >= 0.6 is 0 Å². The lowest BCUT2D eigenvalue weighted by atomic mass is 10.3. The average Bonchev–Trinajstić information content (AvgIpc) is 2.98. The van der Waals surface area contributed by atoms with E-state index in [1.165, 1.54) is 0 Å². The van der Waals surface area contributed by atoms with Crippen LogP contribution < -0.4 is 4.90 Å². The van der Waals surface area contributed by atoms with Gasteiger partial charge in [0.15, 0.2) is 5.82 Å². The minimum atomic E-state index is 0.708. The fourth-order valence-electron chi connectivity index (χ4n) is 2.64. The van der Waals surface area contributed by atoms with Crippen LogP contribution in [0.3, 0.4) is 0 Å². The van der Waals surface area contributed by atoms with E-state index in [1.54, 1.807) is 0 Å². The van der Waals surface area contributed by atoms with E-state index in [9.17, 15) is 0 Å². The lowest BCUT2D eigenvalue weighted by Crippen LogP contribution is -2.46. The van der Waals surface area contributed by atoms with Crippen molar-refractivity contribution in [3.63, 3.8) is 0 Å². The van der Waals surface area contributed by atoms with Crippen molar-refractivity contribution in [2.75, 3.05) is 31.1 Å². The summed E-state index contributed by atoms with van der Waals surface area (Å²) in [4.78, 5) is 18.0. The highest BCUT2D eigenvalue weighted by Crippen LogP contribution is 2.18. The molecule has 0 N–H and O–H groups in total. The molecule has 0 bridgehead atoms. The van der Waals surface area contributed by atoms with Crippen molar-refractivity contribution in [2.24, 2.45) is 0 Å². The van der Waals surface area contributed by atoms with E-state index in [-0.39, 0.29) is 0 Å². The van der Waals surface area contributed by atoms with Gasteiger partial charge in [-0.15, -0.1) is 0 Å². The Bertz CT molecular complexity index is 633. The summed E-state index contributed by atoms with van der Waals surface area (Å²) in [6, 6.07) is 0. The van der Waals surface area contributed by atoms with Crippen LogP contribution in [0.5, 0.6) is 0 Å². The SMILES string of the molecule is CCc1nc(CN2CCN(c3nc(C)cnc3C)CC2)no1. The molecule has 2 aromatic heterocycles. The molecule has 118 valence electrons. The summed E-state index contributed by atoms with van der Waals surface area (Å²) >= 11 is 0. The number of hydrogen-bond acceptors (Lipinski definition) is 7. The van der Waals surface area contributed by atoms with E-state index in [1.807, 2.05) is 27.0 Å². The summed E-state index contributed by atoms with van der Waals surface area (Å²) < 4.78 is 5.16. The Morgan fingerprint density at radius 1 is 1.14 bits per heavy atom. The molecule has 3 heterocycles. The number of anilines is 1. The van der Waals surface area contributed by atoms with Gasteiger partial charge in [0.25, 0.3) is 0 Å². The van der Waals surface area contributed by atoms with Gasteiger partial charge in [-0.25, -0.2) is 4.98 Å². The number of aryl methyl sites for hydroxylation is 3. The molecule has 0 aromatic carbocycles. The first kappa shape index (κ1) is 14.9. The van der Waals surface area contributed by atoms with Crippen LogP contribution in [-0.2, 0) is 13.0 Å². The van der Waals surface area contributed by atoms with Crippen molar-refractivity contribution >= 4 is 5.82 Å². The van der Waals surface area contributed by atoms with Crippen molar-refractivity contribution in [3.05, 3.63) is 29.3 Å². The zero-order valence-corrected chi connectivity index (χ0v) is 13.4. The highest BCUT2D eigenvalue weighted by atomic mass is 16.5. The van der Waals surface area contributed by atoms with Gasteiger partial charge in [-0.1, -0.05) is 12.1 Å². The molecule has 3 rings (SSSR count). The van der Waals surface area contributed by atoms with Crippen molar-refractivity contribution in [1.29, 1.82) is 0 Å². The Morgan fingerprint density at radius 3 is 2.59 bits per heavy atom. The van der Waals surface area contributed by atoms with Crippen LogP contribution in [0.2, 0.25) is 0 Å².